The van der Waals surface area contributed by atoms with Gasteiger partial charge in [0.05, 0.1) is 11.2 Å². The molecule has 0 saturated carbocycles. The number of amides is 1. The molecular weight excluding hydrogens is 320 g/mol. The summed E-state index contributed by atoms with van der Waals surface area (Å²) in [6, 6.07) is 6.66. The molecule has 0 aliphatic carbocycles. The van der Waals surface area contributed by atoms with Gasteiger partial charge in [-0.1, -0.05) is 11.6 Å². The Kier molecular flexibility index (Phi) is 3.86. The lowest BCUT2D eigenvalue weighted by Crippen LogP contribution is -2.19. The van der Waals surface area contributed by atoms with Crippen LogP contribution in [0.15, 0.2) is 42.9 Å². The average Bonchev–Trinajstić information content (AvgIpc) is 2.54. The first kappa shape index (κ1) is 14.9. The summed E-state index contributed by atoms with van der Waals surface area (Å²) in [5.74, 6) is -1.99. The Bertz CT molecular complexity index is 929. The van der Waals surface area contributed by atoms with Gasteiger partial charge in [0.2, 0.25) is 0 Å². The minimum Gasteiger partial charge on any atom is -0.476 e. The number of pyridine rings is 1. The first-order valence-corrected chi connectivity index (χ1v) is 6.84. The highest BCUT2D eigenvalue weighted by Gasteiger charge is 2.20. The summed E-state index contributed by atoms with van der Waals surface area (Å²) in [4.78, 5) is 35.1. The average molecular weight is 329 g/mol. The number of hydrogen-bond acceptors (Lipinski definition) is 5. The third-order valence-electron chi connectivity index (χ3n) is 3.07. The Labute approximate surface area is 135 Å². The molecule has 23 heavy (non-hydrogen) atoms. The normalized spacial score (nSPS) is 10.5. The summed E-state index contributed by atoms with van der Waals surface area (Å²) in [5, 5.41) is 12.9. The van der Waals surface area contributed by atoms with Gasteiger partial charge in [-0.2, -0.15) is 0 Å². The van der Waals surface area contributed by atoms with Crippen LogP contribution < -0.4 is 5.32 Å². The van der Waals surface area contributed by atoms with E-state index in [0.29, 0.717) is 21.6 Å². The van der Waals surface area contributed by atoms with Gasteiger partial charge >= 0.3 is 5.97 Å². The van der Waals surface area contributed by atoms with E-state index in [9.17, 15) is 9.59 Å². The number of halogens is 1. The van der Waals surface area contributed by atoms with E-state index in [2.05, 4.69) is 20.3 Å². The standard InChI is InChI=1S/C15H9ClN4O3/c16-8-1-2-9-10(3-4-17-11(9)7-8)20-14(21)12-13(15(22)23)19-6-5-18-12/h1-7H,(H,22,23)(H,17,20,21). The van der Waals surface area contributed by atoms with Crippen molar-refractivity contribution in [3.05, 3.63) is 59.3 Å². The van der Waals surface area contributed by atoms with Crippen LogP contribution in [0, 0.1) is 0 Å². The highest BCUT2D eigenvalue weighted by atomic mass is 35.5. The van der Waals surface area contributed by atoms with E-state index in [-0.39, 0.29) is 5.69 Å². The van der Waals surface area contributed by atoms with Gasteiger partial charge in [-0.15, -0.1) is 0 Å². The molecule has 0 saturated heterocycles. The van der Waals surface area contributed by atoms with Crippen LogP contribution in [0.2, 0.25) is 5.02 Å². The van der Waals surface area contributed by atoms with Gasteiger partial charge in [-0.3, -0.25) is 9.78 Å². The van der Waals surface area contributed by atoms with E-state index in [1.165, 1.54) is 18.6 Å². The van der Waals surface area contributed by atoms with Crippen LogP contribution >= 0.6 is 11.6 Å². The van der Waals surface area contributed by atoms with Crippen molar-refractivity contribution < 1.29 is 14.7 Å². The number of carbonyl (C=O) groups excluding carboxylic acids is 1. The molecule has 0 unspecified atom stereocenters. The highest BCUT2D eigenvalue weighted by molar-refractivity contribution is 6.31. The third-order valence-corrected chi connectivity index (χ3v) is 3.30. The van der Waals surface area contributed by atoms with Crippen molar-refractivity contribution in [1.82, 2.24) is 15.0 Å². The number of aromatic carboxylic acids is 1. The largest absolute Gasteiger partial charge is 0.476 e. The molecule has 3 rings (SSSR count). The smallest absolute Gasteiger partial charge is 0.356 e. The van der Waals surface area contributed by atoms with Crippen molar-refractivity contribution in [3.8, 4) is 0 Å². The number of anilines is 1. The monoisotopic (exact) mass is 328 g/mol. The number of benzene rings is 1. The van der Waals surface area contributed by atoms with Crippen molar-refractivity contribution >= 4 is 40.1 Å². The topological polar surface area (TPSA) is 105 Å². The van der Waals surface area contributed by atoms with Gasteiger partial charge in [0.1, 0.15) is 0 Å². The zero-order chi connectivity index (χ0) is 16.4. The molecule has 7 nitrogen and oxygen atoms in total. The minimum atomic E-state index is -1.32. The fraction of sp³-hybridized carbons (Fsp3) is 0. The van der Waals surface area contributed by atoms with Gasteiger partial charge in [0, 0.05) is 29.0 Å². The fourth-order valence-electron chi connectivity index (χ4n) is 2.07. The van der Waals surface area contributed by atoms with E-state index < -0.39 is 17.6 Å². The Hall–Kier alpha value is -3.06. The quantitative estimate of drug-likeness (QED) is 0.765. The number of carbonyl (C=O) groups is 2. The zero-order valence-electron chi connectivity index (χ0n) is 11.5. The molecule has 3 aromatic rings. The minimum absolute atomic E-state index is 0.265. The van der Waals surface area contributed by atoms with Crippen LogP contribution in [0.5, 0.6) is 0 Å². The number of aromatic nitrogens is 3. The first-order chi connectivity index (χ1) is 11.1. The Morgan fingerprint density at radius 2 is 1.74 bits per heavy atom. The van der Waals surface area contributed by atoms with Crippen molar-refractivity contribution in [2.75, 3.05) is 5.32 Å². The summed E-state index contributed by atoms with van der Waals surface area (Å²) in [6.45, 7) is 0. The molecule has 0 bridgehead atoms. The van der Waals surface area contributed by atoms with Gasteiger partial charge in [0.15, 0.2) is 11.4 Å². The molecule has 1 amide bonds. The van der Waals surface area contributed by atoms with Crippen LogP contribution in [-0.2, 0) is 0 Å². The molecule has 0 atom stereocenters. The van der Waals surface area contributed by atoms with Crippen molar-refractivity contribution in [3.63, 3.8) is 0 Å². The van der Waals surface area contributed by atoms with Crippen LogP contribution in [0.25, 0.3) is 10.9 Å². The van der Waals surface area contributed by atoms with Crippen LogP contribution in [0.1, 0.15) is 21.0 Å². The van der Waals surface area contributed by atoms with Gasteiger partial charge in [-0.25, -0.2) is 14.8 Å². The Balaban J connectivity index is 2.00. The SMILES string of the molecule is O=C(O)c1nccnc1C(=O)Nc1ccnc2cc(Cl)ccc12. The van der Waals surface area contributed by atoms with Gasteiger partial charge in [-0.05, 0) is 24.3 Å². The summed E-state index contributed by atoms with van der Waals surface area (Å²) >= 11 is 5.92. The first-order valence-electron chi connectivity index (χ1n) is 6.46. The maximum atomic E-state index is 12.3. The molecule has 0 aliphatic heterocycles. The molecule has 114 valence electrons. The van der Waals surface area contributed by atoms with Gasteiger partial charge < -0.3 is 10.4 Å². The van der Waals surface area contributed by atoms with E-state index in [4.69, 9.17) is 16.7 Å². The predicted octanol–water partition coefficient (Wildman–Crippen LogP) is 2.63. The second-order valence-electron chi connectivity index (χ2n) is 4.53. The van der Waals surface area contributed by atoms with Crippen molar-refractivity contribution in [2.45, 2.75) is 0 Å². The number of rotatable bonds is 3. The number of hydrogen-bond donors (Lipinski definition) is 2. The lowest BCUT2D eigenvalue weighted by Gasteiger charge is -2.09. The van der Waals surface area contributed by atoms with Crippen LogP contribution in [-0.4, -0.2) is 31.9 Å². The molecule has 2 heterocycles. The maximum absolute atomic E-state index is 12.3. The maximum Gasteiger partial charge on any atom is 0.356 e. The second kappa shape index (κ2) is 5.98. The Morgan fingerprint density at radius 1 is 1.00 bits per heavy atom. The molecule has 0 radical (unpaired) electrons. The molecule has 1 aromatic carbocycles. The van der Waals surface area contributed by atoms with Crippen molar-refractivity contribution in [2.24, 2.45) is 0 Å². The van der Waals surface area contributed by atoms with Crippen LogP contribution in [0.3, 0.4) is 0 Å². The van der Waals surface area contributed by atoms with E-state index in [1.807, 2.05) is 0 Å². The third kappa shape index (κ3) is 2.95. The number of nitrogens with one attached hydrogen (secondary N) is 1. The molecule has 0 fully saturated rings. The molecule has 0 aliphatic rings. The molecule has 2 N–H and O–H groups in total. The Morgan fingerprint density at radius 3 is 2.48 bits per heavy atom. The number of nitrogens with zero attached hydrogens (tertiary/aromatic N) is 3. The molecule has 2 aromatic heterocycles. The fourth-order valence-corrected chi connectivity index (χ4v) is 2.24. The van der Waals surface area contributed by atoms with Crippen molar-refractivity contribution in [1.29, 1.82) is 0 Å². The van der Waals surface area contributed by atoms with E-state index >= 15 is 0 Å². The molecule has 0 spiro atoms. The molecule has 8 heteroatoms. The highest BCUT2D eigenvalue weighted by Crippen LogP contribution is 2.24. The summed E-state index contributed by atoms with van der Waals surface area (Å²) < 4.78 is 0. The number of carboxylic acids is 1. The zero-order valence-corrected chi connectivity index (χ0v) is 12.3. The van der Waals surface area contributed by atoms with E-state index in [0.717, 1.165) is 0 Å². The summed E-state index contributed by atoms with van der Waals surface area (Å²) in [6.07, 6.45) is 3.99. The summed E-state index contributed by atoms with van der Waals surface area (Å²) in [5.41, 5.74) is 0.400. The number of fused-ring (bicyclic) bond motifs is 1. The second-order valence-corrected chi connectivity index (χ2v) is 4.97. The van der Waals surface area contributed by atoms with E-state index in [1.54, 1.807) is 24.3 Å². The summed E-state index contributed by atoms with van der Waals surface area (Å²) in [7, 11) is 0. The molecular formula is C15H9ClN4O3. The van der Waals surface area contributed by atoms with Crippen LogP contribution in [0.4, 0.5) is 5.69 Å². The number of carboxylic acid groups (broad SMARTS) is 1. The van der Waals surface area contributed by atoms with Gasteiger partial charge in [0.25, 0.3) is 5.91 Å². The lowest BCUT2D eigenvalue weighted by molar-refractivity contribution is 0.0685. The predicted molar refractivity (Wildman–Crippen MR) is 83.7 cm³/mol. The lowest BCUT2D eigenvalue weighted by atomic mass is 10.2.